The topological polar surface area (TPSA) is 66.0 Å². The molecule has 4 aromatic rings. The van der Waals surface area contributed by atoms with Crippen LogP contribution in [0.15, 0.2) is 54.7 Å². The molecule has 0 unspecified atom stereocenters. The zero-order valence-corrected chi connectivity index (χ0v) is 14.0. The Balaban J connectivity index is 1.97. The van der Waals surface area contributed by atoms with Crippen LogP contribution in [0.1, 0.15) is 38.9 Å². The molecule has 0 amide bonds. The minimum atomic E-state index is -0.270. The summed E-state index contributed by atoms with van der Waals surface area (Å²) >= 11 is 0. The number of aromatic nitrogens is 2. The van der Waals surface area contributed by atoms with Crippen molar-refractivity contribution in [3.63, 3.8) is 0 Å². The molecule has 5 rings (SSSR count). The van der Waals surface area contributed by atoms with Crippen LogP contribution in [0, 0.1) is 5.21 Å². The molecule has 0 atom stereocenters. The first-order valence-corrected chi connectivity index (χ1v) is 8.49. The normalized spacial score (nSPS) is 13.3. The highest BCUT2D eigenvalue weighted by Gasteiger charge is 2.38. The Bertz CT molecular complexity index is 1270. The Labute approximate surface area is 148 Å². The van der Waals surface area contributed by atoms with E-state index in [2.05, 4.69) is 0 Å². The number of para-hydroxylation sites is 2. The standard InChI is InChI=1S/C21H14N2O3/c1-2-22-15-9-5-3-7-12(15)18-19(22)21(25)17-13-8-4-6-10-16(13)23(26)11-14(17)20(18)24/h3-11H,2H2,1H3. The van der Waals surface area contributed by atoms with Crippen LogP contribution in [-0.4, -0.2) is 16.1 Å². The molecule has 0 fully saturated rings. The van der Waals surface area contributed by atoms with Crippen molar-refractivity contribution < 1.29 is 14.3 Å². The van der Waals surface area contributed by atoms with Crippen molar-refractivity contribution in [2.24, 2.45) is 0 Å². The van der Waals surface area contributed by atoms with Crippen molar-refractivity contribution in [1.82, 2.24) is 4.57 Å². The van der Waals surface area contributed by atoms with E-state index < -0.39 is 0 Å². The molecular formula is C21H14N2O3. The zero-order chi connectivity index (χ0) is 18.0. The van der Waals surface area contributed by atoms with Gasteiger partial charge in [0.05, 0.1) is 22.1 Å². The molecule has 2 heterocycles. The summed E-state index contributed by atoms with van der Waals surface area (Å²) in [5.74, 6) is -0.474. The third-order valence-corrected chi connectivity index (χ3v) is 5.13. The molecule has 0 N–H and O–H groups in total. The minimum Gasteiger partial charge on any atom is -0.618 e. The number of fused-ring (bicyclic) bond motifs is 6. The van der Waals surface area contributed by atoms with E-state index in [1.807, 2.05) is 35.8 Å². The van der Waals surface area contributed by atoms with Gasteiger partial charge in [0.1, 0.15) is 5.69 Å². The molecule has 2 aromatic heterocycles. The molecule has 0 radical (unpaired) electrons. The summed E-state index contributed by atoms with van der Waals surface area (Å²) in [6, 6.07) is 14.4. The van der Waals surface area contributed by atoms with E-state index in [9.17, 15) is 14.8 Å². The maximum absolute atomic E-state index is 13.4. The Morgan fingerprint density at radius 1 is 0.923 bits per heavy atom. The third kappa shape index (κ3) is 1.67. The molecule has 0 aliphatic heterocycles. The molecule has 5 nitrogen and oxygen atoms in total. The molecule has 0 saturated heterocycles. The molecule has 1 aliphatic carbocycles. The number of benzene rings is 2. The van der Waals surface area contributed by atoms with E-state index in [0.29, 0.717) is 39.0 Å². The molecule has 26 heavy (non-hydrogen) atoms. The van der Waals surface area contributed by atoms with Gasteiger partial charge in [-0.1, -0.05) is 30.3 Å². The first kappa shape index (κ1) is 14.8. The molecule has 0 bridgehead atoms. The number of carbonyl (C=O) groups excluding carboxylic acids is 2. The fraction of sp³-hybridized carbons (Fsp3) is 0.0952. The summed E-state index contributed by atoms with van der Waals surface area (Å²) in [6.07, 6.45) is 1.24. The molecule has 1 aliphatic rings. The van der Waals surface area contributed by atoms with Crippen LogP contribution in [-0.2, 0) is 6.54 Å². The molecular weight excluding hydrogens is 328 g/mol. The van der Waals surface area contributed by atoms with Crippen LogP contribution in [0.25, 0.3) is 21.8 Å². The van der Waals surface area contributed by atoms with Gasteiger partial charge in [-0.15, -0.1) is 0 Å². The Morgan fingerprint density at radius 2 is 1.62 bits per heavy atom. The van der Waals surface area contributed by atoms with Gasteiger partial charge in [-0.05, 0) is 19.1 Å². The van der Waals surface area contributed by atoms with Gasteiger partial charge in [-0.25, -0.2) is 0 Å². The molecule has 2 aromatic carbocycles. The van der Waals surface area contributed by atoms with Gasteiger partial charge in [0, 0.05) is 23.5 Å². The van der Waals surface area contributed by atoms with Crippen LogP contribution >= 0.6 is 0 Å². The summed E-state index contributed by atoms with van der Waals surface area (Å²) in [7, 11) is 0. The third-order valence-electron chi connectivity index (χ3n) is 5.13. The van der Waals surface area contributed by atoms with Crippen LogP contribution < -0.4 is 4.73 Å². The Morgan fingerprint density at radius 3 is 2.38 bits per heavy atom. The quantitative estimate of drug-likeness (QED) is 0.347. The van der Waals surface area contributed by atoms with Crippen LogP contribution in [0.3, 0.4) is 0 Å². The van der Waals surface area contributed by atoms with Gasteiger partial charge < -0.3 is 9.77 Å². The number of hydrogen-bond acceptors (Lipinski definition) is 3. The largest absolute Gasteiger partial charge is 0.618 e. The second-order valence-corrected chi connectivity index (χ2v) is 6.40. The number of carbonyl (C=O) groups is 2. The summed E-state index contributed by atoms with van der Waals surface area (Å²) in [5, 5.41) is 13.6. The summed E-state index contributed by atoms with van der Waals surface area (Å²) in [5.41, 5.74) is 2.55. The van der Waals surface area contributed by atoms with Crippen LogP contribution in [0.4, 0.5) is 0 Å². The van der Waals surface area contributed by atoms with Gasteiger partial charge in [0.2, 0.25) is 17.1 Å². The lowest BCUT2D eigenvalue weighted by Crippen LogP contribution is -2.33. The van der Waals surface area contributed by atoms with E-state index in [-0.39, 0.29) is 17.1 Å². The van der Waals surface area contributed by atoms with E-state index in [1.54, 1.807) is 24.3 Å². The SMILES string of the molecule is CCn1c2c(c3ccccc31)C(=O)c1c[n+]([O-])c3ccccc3c1C2=O. The zero-order valence-electron chi connectivity index (χ0n) is 14.0. The van der Waals surface area contributed by atoms with Crippen molar-refractivity contribution in [1.29, 1.82) is 0 Å². The minimum absolute atomic E-state index is 0.176. The lowest BCUT2D eigenvalue weighted by Gasteiger charge is -2.18. The highest BCUT2D eigenvalue weighted by molar-refractivity contribution is 6.34. The molecule has 126 valence electrons. The van der Waals surface area contributed by atoms with E-state index in [0.717, 1.165) is 10.9 Å². The van der Waals surface area contributed by atoms with Crippen molar-refractivity contribution >= 4 is 33.4 Å². The maximum Gasteiger partial charge on any atom is 0.224 e. The highest BCUT2D eigenvalue weighted by Crippen LogP contribution is 2.36. The monoisotopic (exact) mass is 342 g/mol. The van der Waals surface area contributed by atoms with Gasteiger partial charge in [-0.3, -0.25) is 9.59 Å². The van der Waals surface area contributed by atoms with Crippen molar-refractivity contribution in [3.05, 3.63) is 82.3 Å². The van der Waals surface area contributed by atoms with Crippen molar-refractivity contribution in [3.8, 4) is 0 Å². The summed E-state index contributed by atoms with van der Waals surface area (Å²) in [6.45, 7) is 2.53. The lowest BCUT2D eigenvalue weighted by molar-refractivity contribution is -0.577. The summed E-state index contributed by atoms with van der Waals surface area (Å²) < 4.78 is 2.56. The number of pyridine rings is 1. The number of rotatable bonds is 1. The smallest absolute Gasteiger partial charge is 0.224 e. The number of ketones is 2. The molecule has 5 heteroatoms. The predicted molar refractivity (Wildman–Crippen MR) is 97.4 cm³/mol. The second kappa shape index (κ2) is 5.02. The summed E-state index contributed by atoms with van der Waals surface area (Å²) in [4.78, 5) is 26.7. The fourth-order valence-electron chi connectivity index (χ4n) is 4.04. The van der Waals surface area contributed by atoms with Gasteiger partial charge >= 0.3 is 0 Å². The van der Waals surface area contributed by atoms with Crippen molar-refractivity contribution in [2.75, 3.05) is 0 Å². The van der Waals surface area contributed by atoms with Crippen molar-refractivity contribution in [2.45, 2.75) is 13.5 Å². The average Bonchev–Trinajstić information content (AvgIpc) is 3.01. The maximum atomic E-state index is 13.4. The van der Waals surface area contributed by atoms with Gasteiger partial charge in [0.15, 0.2) is 6.20 Å². The first-order chi connectivity index (χ1) is 12.6. The number of hydrogen-bond donors (Lipinski definition) is 0. The van der Waals surface area contributed by atoms with E-state index in [1.165, 1.54) is 6.20 Å². The Kier molecular flexibility index (Phi) is 2.86. The first-order valence-electron chi connectivity index (χ1n) is 8.49. The van der Waals surface area contributed by atoms with Gasteiger partial charge in [0.25, 0.3) is 0 Å². The average molecular weight is 342 g/mol. The highest BCUT2D eigenvalue weighted by atomic mass is 16.5. The predicted octanol–water partition coefficient (Wildman–Crippen LogP) is 3.22. The molecule has 0 spiro atoms. The van der Waals surface area contributed by atoms with E-state index >= 15 is 0 Å². The second-order valence-electron chi connectivity index (χ2n) is 6.40. The van der Waals surface area contributed by atoms with Gasteiger partial charge in [-0.2, -0.15) is 4.73 Å². The lowest BCUT2D eigenvalue weighted by atomic mass is 9.85. The Hall–Kier alpha value is -3.47. The molecule has 0 saturated carbocycles. The number of nitrogens with zero attached hydrogens (tertiary/aromatic N) is 2. The fourth-order valence-corrected chi connectivity index (χ4v) is 4.04. The van der Waals surface area contributed by atoms with E-state index in [4.69, 9.17) is 0 Å². The van der Waals surface area contributed by atoms with Crippen LogP contribution in [0.5, 0.6) is 0 Å². The number of aryl methyl sites for hydroxylation is 1. The van der Waals surface area contributed by atoms with Crippen LogP contribution in [0.2, 0.25) is 0 Å².